The molecule has 1 amide bonds. The average Bonchev–Trinajstić information content (AvgIpc) is 2.97. The lowest BCUT2D eigenvalue weighted by atomic mass is 10.2. The average molecular weight is 225 g/mol. The van der Waals surface area contributed by atoms with Gasteiger partial charge in [0.1, 0.15) is 12.4 Å². The zero-order valence-electron chi connectivity index (χ0n) is 8.82. The van der Waals surface area contributed by atoms with Gasteiger partial charge in [0, 0.05) is 13.1 Å². The number of carbonyl (C=O) groups excluding carboxylic acids is 1. The molecular weight excluding hydrogens is 210 g/mol. The Labute approximate surface area is 93.0 Å². The number of hydrogen-bond donors (Lipinski definition) is 4. The van der Waals surface area contributed by atoms with Gasteiger partial charge in [-0.2, -0.15) is 0 Å². The maximum Gasteiger partial charge on any atom is 0.407 e. The molecule has 0 aromatic heterocycles. The lowest BCUT2D eigenvalue weighted by Gasteiger charge is -2.18. The SMILES string of the molecule is O=C1NC(C2NCC(C3=NCCN3)N2)CO1. The number of hydrogen-bond acceptors (Lipinski definition) is 6. The quantitative estimate of drug-likeness (QED) is 0.436. The first-order valence-electron chi connectivity index (χ1n) is 5.54. The van der Waals surface area contributed by atoms with Gasteiger partial charge in [-0.15, -0.1) is 0 Å². The Morgan fingerprint density at radius 1 is 1.44 bits per heavy atom. The number of alkyl carbamates (subject to hydrolysis) is 1. The first-order chi connectivity index (χ1) is 7.83. The summed E-state index contributed by atoms with van der Waals surface area (Å²) < 4.78 is 4.86. The third-order valence-corrected chi connectivity index (χ3v) is 3.05. The van der Waals surface area contributed by atoms with Gasteiger partial charge in [-0.25, -0.2) is 4.79 Å². The third-order valence-electron chi connectivity index (χ3n) is 3.05. The van der Waals surface area contributed by atoms with E-state index in [0.717, 1.165) is 25.5 Å². The van der Waals surface area contributed by atoms with E-state index in [9.17, 15) is 4.79 Å². The number of nitrogens with one attached hydrogen (secondary N) is 4. The molecule has 0 aromatic carbocycles. The van der Waals surface area contributed by atoms with Crippen LogP contribution in [0.1, 0.15) is 0 Å². The van der Waals surface area contributed by atoms with Crippen molar-refractivity contribution in [2.24, 2.45) is 4.99 Å². The molecule has 0 aliphatic carbocycles. The van der Waals surface area contributed by atoms with E-state index in [4.69, 9.17) is 4.74 Å². The molecule has 0 bridgehead atoms. The topological polar surface area (TPSA) is 86.8 Å². The van der Waals surface area contributed by atoms with Crippen molar-refractivity contribution in [3.8, 4) is 0 Å². The summed E-state index contributed by atoms with van der Waals surface area (Å²) in [5.74, 6) is 1.01. The molecular formula is C9H15N5O2. The summed E-state index contributed by atoms with van der Waals surface area (Å²) >= 11 is 0. The van der Waals surface area contributed by atoms with Crippen LogP contribution in [0.15, 0.2) is 4.99 Å². The molecule has 7 heteroatoms. The van der Waals surface area contributed by atoms with Crippen LogP contribution in [-0.4, -0.2) is 56.4 Å². The number of carbonyl (C=O) groups is 1. The van der Waals surface area contributed by atoms with Crippen molar-refractivity contribution < 1.29 is 9.53 Å². The number of ether oxygens (including phenoxy) is 1. The van der Waals surface area contributed by atoms with Crippen LogP contribution in [-0.2, 0) is 4.74 Å². The predicted octanol–water partition coefficient (Wildman–Crippen LogP) is -2.02. The normalized spacial score (nSPS) is 37.9. The van der Waals surface area contributed by atoms with Crippen LogP contribution in [0.3, 0.4) is 0 Å². The Morgan fingerprint density at radius 3 is 3.06 bits per heavy atom. The maximum atomic E-state index is 10.9. The zero-order chi connectivity index (χ0) is 11.0. The molecule has 0 spiro atoms. The molecule has 2 fully saturated rings. The first kappa shape index (κ1) is 9.86. The summed E-state index contributed by atoms with van der Waals surface area (Å²) in [6, 6.07) is 0.213. The zero-order valence-corrected chi connectivity index (χ0v) is 8.82. The van der Waals surface area contributed by atoms with Crippen LogP contribution in [0.25, 0.3) is 0 Å². The smallest absolute Gasteiger partial charge is 0.407 e. The minimum Gasteiger partial charge on any atom is -0.447 e. The number of nitrogens with zero attached hydrogens (tertiary/aromatic N) is 1. The number of aliphatic imine (C=N–C) groups is 1. The van der Waals surface area contributed by atoms with Gasteiger partial charge in [0.25, 0.3) is 0 Å². The highest BCUT2D eigenvalue weighted by molar-refractivity contribution is 5.89. The third kappa shape index (κ3) is 1.72. The van der Waals surface area contributed by atoms with Crippen LogP contribution in [0, 0.1) is 0 Å². The molecule has 16 heavy (non-hydrogen) atoms. The Kier molecular flexibility index (Phi) is 2.41. The van der Waals surface area contributed by atoms with Gasteiger partial charge < -0.3 is 15.4 Å². The van der Waals surface area contributed by atoms with E-state index in [1.807, 2.05) is 0 Å². The van der Waals surface area contributed by atoms with Crippen molar-refractivity contribution in [1.82, 2.24) is 21.3 Å². The molecule has 0 saturated carbocycles. The summed E-state index contributed by atoms with van der Waals surface area (Å²) in [4.78, 5) is 15.3. The van der Waals surface area contributed by atoms with Crippen LogP contribution in [0.5, 0.6) is 0 Å². The lowest BCUT2D eigenvalue weighted by molar-refractivity contribution is 0.175. The first-order valence-corrected chi connectivity index (χ1v) is 5.54. The highest BCUT2D eigenvalue weighted by atomic mass is 16.6. The van der Waals surface area contributed by atoms with Crippen molar-refractivity contribution >= 4 is 11.9 Å². The molecule has 3 heterocycles. The fourth-order valence-electron chi connectivity index (χ4n) is 2.24. The molecule has 0 radical (unpaired) electrons. The lowest BCUT2D eigenvalue weighted by Crippen LogP contribution is -2.51. The van der Waals surface area contributed by atoms with Crippen LogP contribution in [0.4, 0.5) is 4.79 Å². The van der Waals surface area contributed by atoms with Gasteiger partial charge in [-0.3, -0.25) is 15.6 Å². The van der Waals surface area contributed by atoms with E-state index in [1.165, 1.54) is 0 Å². The van der Waals surface area contributed by atoms with E-state index in [-0.39, 0.29) is 24.3 Å². The standard InChI is InChI=1S/C9H15N5O2/c15-9-14-6(4-16-9)8-12-3-5(13-8)7-10-1-2-11-7/h5-6,8,12-13H,1-4H2,(H,10,11)(H,14,15). The highest BCUT2D eigenvalue weighted by Gasteiger charge is 2.36. The minimum atomic E-state index is -0.339. The van der Waals surface area contributed by atoms with Gasteiger partial charge in [0.05, 0.1) is 24.8 Å². The van der Waals surface area contributed by atoms with Crippen LogP contribution < -0.4 is 21.3 Å². The number of rotatable bonds is 2. The molecule has 2 saturated heterocycles. The van der Waals surface area contributed by atoms with Gasteiger partial charge >= 0.3 is 6.09 Å². The fraction of sp³-hybridized carbons (Fsp3) is 0.778. The molecule has 88 valence electrons. The van der Waals surface area contributed by atoms with E-state index in [0.29, 0.717) is 6.61 Å². The Morgan fingerprint density at radius 2 is 2.38 bits per heavy atom. The van der Waals surface area contributed by atoms with Crippen molar-refractivity contribution in [3.63, 3.8) is 0 Å². The summed E-state index contributed by atoms with van der Waals surface area (Å²) in [6.07, 6.45) is -0.282. The summed E-state index contributed by atoms with van der Waals surface area (Å²) in [5, 5.41) is 12.7. The molecule has 3 aliphatic rings. The number of amidine groups is 1. The number of amides is 1. The van der Waals surface area contributed by atoms with E-state index < -0.39 is 0 Å². The van der Waals surface area contributed by atoms with Gasteiger partial charge in [-0.05, 0) is 0 Å². The van der Waals surface area contributed by atoms with E-state index >= 15 is 0 Å². The van der Waals surface area contributed by atoms with Gasteiger partial charge in [0.2, 0.25) is 0 Å². The predicted molar refractivity (Wildman–Crippen MR) is 57.3 cm³/mol. The maximum absolute atomic E-state index is 10.9. The Balaban J connectivity index is 1.58. The molecule has 3 unspecified atom stereocenters. The van der Waals surface area contributed by atoms with E-state index in [1.54, 1.807) is 0 Å². The number of cyclic esters (lactones) is 1. The second kappa shape index (κ2) is 3.91. The monoisotopic (exact) mass is 225 g/mol. The van der Waals surface area contributed by atoms with Crippen molar-refractivity contribution in [2.75, 3.05) is 26.2 Å². The van der Waals surface area contributed by atoms with Crippen molar-refractivity contribution in [2.45, 2.75) is 18.2 Å². The van der Waals surface area contributed by atoms with E-state index in [2.05, 4.69) is 26.3 Å². The molecule has 3 atom stereocenters. The van der Waals surface area contributed by atoms with Crippen molar-refractivity contribution in [3.05, 3.63) is 0 Å². The minimum absolute atomic E-state index is 0.000460. The molecule has 3 aliphatic heterocycles. The summed E-state index contributed by atoms with van der Waals surface area (Å²) in [5.41, 5.74) is 0. The summed E-state index contributed by atoms with van der Waals surface area (Å²) in [7, 11) is 0. The molecule has 4 N–H and O–H groups in total. The Hall–Kier alpha value is -1.34. The van der Waals surface area contributed by atoms with Gasteiger partial charge in [-0.1, -0.05) is 0 Å². The van der Waals surface area contributed by atoms with Crippen LogP contribution >= 0.6 is 0 Å². The van der Waals surface area contributed by atoms with Crippen LogP contribution in [0.2, 0.25) is 0 Å². The highest BCUT2D eigenvalue weighted by Crippen LogP contribution is 2.07. The molecule has 3 rings (SSSR count). The second-order valence-electron chi connectivity index (χ2n) is 4.15. The summed E-state index contributed by atoms with van der Waals surface area (Å²) in [6.45, 7) is 3.00. The Bertz CT molecular complexity index is 332. The molecule has 0 aromatic rings. The van der Waals surface area contributed by atoms with Crippen molar-refractivity contribution in [1.29, 1.82) is 0 Å². The molecule has 7 nitrogen and oxygen atoms in total. The largest absolute Gasteiger partial charge is 0.447 e. The fourth-order valence-corrected chi connectivity index (χ4v) is 2.24. The second-order valence-corrected chi connectivity index (χ2v) is 4.15. The van der Waals surface area contributed by atoms with Gasteiger partial charge in [0.15, 0.2) is 0 Å².